The summed E-state index contributed by atoms with van der Waals surface area (Å²) < 4.78 is 78.5. The lowest BCUT2D eigenvalue weighted by Gasteiger charge is -2.38. The zero-order chi connectivity index (χ0) is 24.1. The largest absolute Gasteiger partial charge is 0.416 e. The molecule has 2 aliphatic carbocycles. The molecule has 1 aromatic rings. The molecule has 0 aliphatic heterocycles. The first-order valence-corrected chi connectivity index (χ1v) is 12.8. The third kappa shape index (κ3) is 7.92. The van der Waals surface area contributed by atoms with Gasteiger partial charge in [0.2, 0.25) is 0 Å². The van der Waals surface area contributed by atoms with Crippen LogP contribution in [0.4, 0.5) is 26.3 Å². The maximum absolute atomic E-state index is 13.1. The Balaban J connectivity index is 1.46. The van der Waals surface area contributed by atoms with Gasteiger partial charge in [-0.15, -0.1) is 0 Å². The topological polar surface area (TPSA) is 0 Å². The van der Waals surface area contributed by atoms with Gasteiger partial charge in [-0.05, 0) is 86.0 Å². The highest BCUT2D eigenvalue weighted by molar-refractivity contribution is 5.33. The summed E-state index contributed by atoms with van der Waals surface area (Å²) in [5.74, 6) is 2.86. The van der Waals surface area contributed by atoms with Crippen LogP contribution in [0.25, 0.3) is 0 Å². The highest BCUT2D eigenvalue weighted by Crippen LogP contribution is 2.43. The van der Waals surface area contributed by atoms with Crippen molar-refractivity contribution in [3.63, 3.8) is 0 Å². The molecule has 3 rings (SSSR count). The van der Waals surface area contributed by atoms with E-state index in [0.717, 1.165) is 55.6 Å². The zero-order valence-electron chi connectivity index (χ0n) is 19.7. The summed E-state index contributed by atoms with van der Waals surface area (Å²) in [4.78, 5) is 0. The van der Waals surface area contributed by atoms with Gasteiger partial charge >= 0.3 is 12.4 Å². The predicted octanol–water partition coefficient (Wildman–Crippen LogP) is 9.85. The summed E-state index contributed by atoms with van der Waals surface area (Å²) in [7, 11) is 0. The van der Waals surface area contributed by atoms with Crippen molar-refractivity contribution < 1.29 is 26.3 Å². The van der Waals surface area contributed by atoms with Crippen molar-refractivity contribution in [3.8, 4) is 0 Å². The molecule has 1 aromatic carbocycles. The van der Waals surface area contributed by atoms with E-state index in [0.29, 0.717) is 12.3 Å². The minimum absolute atomic E-state index is 0.140. The van der Waals surface area contributed by atoms with E-state index in [1.807, 2.05) is 0 Å². The van der Waals surface area contributed by atoms with Gasteiger partial charge in [0.15, 0.2) is 0 Å². The Hall–Kier alpha value is -1.20. The van der Waals surface area contributed by atoms with Crippen molar-refractivity contribution in [2.24, 2.45) is 23.7 Å². The molecule has 0 spiro atoms. The first-order chi connectivity index (χ1) is 15.6. The fourth-order valence-electron chi connectivity index (χ4n) is 6.11. The molecular formula is C27H38F6. The number of unbranched alkanes of at least 4 members (excludes halogenated alkanes) is 2. The lowest BCUT2D eigenvalue weighted by molar-refractivity contribution is -0.143. The van der Waals surface area contributed by atoms with Gasteiger partial charge in [0, 0.05) is 0 Å². The van der Waals surface area contributed by atoms with Crippen LogP contribution in [0.1, 0.15) is 107 Å². The summed E-state index contributed by atoms with van der Waals surface area (Å²) in [6, 6.07) is 1.99. The molecule has 0 aromatic heterocycles. The number of hydrogen-bond acceptors (Lipinski definition) is 0. The zero-order valence-corrected chi connectivity index (χ0v) is 19.7. The molecule has 0 amide bonds. The average Bonchev–Trinajstić information content (AvgIpc) is 2.77. The molecule has 188 valence electrons. The van der Waals surface area contributed by atoms with Gasteiger partial charge in [0.1, 0.15) is 0 Å². The highest BCUT2D eigenvalue weighted by atomic mass is 19.4. The third-order valence-corrected chi connectivity index (χ3v) is 8.15. The number of alkyl halides is 6. The van der Waals surface area contributed by atoms with Crippen molar-refractivity contribution in [1.29, 1.82) is 0 Å². The number of rotatable bonds is 8. The molecule has 0 nitrogen and oxygen atoms in total. The number of hydrogen-bond donors (Lipinski definition) is 0. The summed E-state index contributed by atoms with van der Waals surface area (Å²) in [6.45, 7) is 2.24. The molecule has 2 saturated carbocycles. The van der Waals surface area contributed by atoms with Crippen LogP contribution in [0.5, 0.6) is 0 Å². The lowest BCUT2D eigenvalue weighted by atomic mass is 9.68. The maximum atomic E-state index is 13.1. The molecule has 0 atom stereocenters. The Morgan fingerprint density at radius 1 is 0.636 bits per heavy atom. The van der Waals surface area contributed by atoms with Gasteiger partial charge in [0.05, 0.1) is 11.1 Å². The van der Waals surface area contributed by atoms with Gasteiger partial charge in [-0.1, -0.05) is 58.3 Å². The molecule has 6 heteroatoms. The van der Waals surface area contributed by atoms with E-state index in [1.54, 1.807) is 0 Å². The van der Waals surface area contributed by atoms with Crippen LogP contribution < -0.4 is 0 Å². The van der Waals surface area contributed by atoms with E-state index < -0.39 is 23.5 Å². The smallest absolute Gasteiger partial charge is 0.166 e. The Bertz CT molecular complexity index is 687. The van der Waals surface area contributed by atoms with Crippen LogP contribution in [0.2, 0.25) is 0 Å². The van der Waals surface area contributed by atoms with Gasteiger partial charge in [-0.25, -0.2) is 0 Å². The van der Waals surface area contributed by atoms with E-state index >= 15 is 0 Å². The van der Waals surface area contributed by atoms with E-state index in [4.69, 9.17) is 0 Å². The minimum Gasteiger partial charge on any atom is -0.166 e. The predicted molar refractivity (Wildman–Crippen MR) is 120 cm³/mol. The van der Waals surface area contributed by atoms with Crippen LogP contribution in [0, 0.1) is 23.7 Å². The van der Waals surface area contributed by atoms with Crippen molar-refractivity contribution in [3.05, 3.63) is 34.9 Å². The van der Waals surface area contributed by atoms with E-state index in [9.17, 15) is 26.3 Å². The SMILES string of the molecule is CCCCCC1CCC(C2CCC(CCc3cc(C(F)(F)F)cc(C(F)(F)F)c3)CC2)CC1. The van der Waals surface area contributed by atoms with Gasteiger partial charge in [-0.2, -0.15) is 26.3 Å². The summed E-state index contributed by atoms with van der Waals surface area (Å²) >= 11 is 0. The molecular weight excluding hydrogens is 438 g/mol. The second kappa shape index (κ2) is 11.5. The fraction of sp³-hybridized carbons (Fsp3) is 0.778. The molecule has 0 bridgehead atoms. The molecule has 0 saturated heterocycles. The molecule has 2 aliphatic rings. The molecule has 0 unspecified atom stereocenters. The quantitative estimate of drug-likeness (QED) is 0.259. The summed E-state index contributed by atoms with van der Waals surface area (Å²) in [5.41, 5.74) is -2.27. The third-order valence-electron chi connectivity index (χ3n) is 8.15. The summed E-state index contributed by atoms with van der Waals surface area (Å²) in [6.07, 6.45) is 6.50. The fourth-order valence-corrected chi connectivity index (χ4v) is 6.11. The van der Waals surface area contributed by atoms with Crippen LogP contribution in [0.15, 0.2) is 18.2 Å². The van der Waals surface area contributed by atoms with Crippen LogP contribution in [-0.4, -0.2) is 0 Å². The van der Waals surface area contributed by atoms with Gasteiger partial charge in [-0.3, -0.25) is 0 Å². The first-order valence-electron chi connectivity index (χ1n) is 12.8. The standard InChI is InChI=1S/C27H38F6/c1-2-3-4-5-19-8-12-22(13-9-19)23-14-10-20(11-15-23)6-7-21-16-24(26(28,29)30)18-25(17-21)27(31,32)33/h16-20,22-23H,2-15H2,1H3. The molecule has 2 fully saturated rings. The second-order valence-corrected chi connectivity index (χ2v) is 10.5. The van der Waals surface area contributed by atoms with Crippen molar-refractivity contribution >= 4 is 0 Å². The molecule has 0 heterocycles. The van der Waals surface area contributed by atoms with Crippen molar-refractivity contribution in [2.75, 3.05) is 0 Å². The normalized spacial score (nSPS) is 27.0. The Morgan fingerprint density at radius 2 is 1.09 bits per heavy atom. The van der Waals surface area contributed by atoms with Crippen molar-refractivity contribution in [1.82, 2.24) is 0 Å². The lowest BCUT2D eigenvalue weighted by Crippen LogP contribution is -2.26. The number of halogens is 6. The van der Waals surface area contributed by atoms with Gasteiger partial charge < -0.3 is 0 Å². The van der Waals surface area contributed by atoms with Crippen LogP contribution in [0.3, 0.4) is 0 Å². The molecule has 33 heavy (non-hydrogen) atoms. The first kappa shape index (κ1) is 26.4. The number of aryl methyl sites for hydroxylation is 1. The van der Waals surface area contributed by atoms with E-state index in [1.165, 1.54) is 51.4 Å². The highest BCUT2D eigenvalue weighted by Gasteiger charge is 2.37. The Morgan fingerprint density at radius 3 is 1.52 bits per heavy atom. The van der Waals surface area contributed by atoms with Crippen LogP contribution in [-0.2, 0) is 18.8 Å². The Labute approximate surface area is 194 Å². The van der Waals surface area contributed by atoms with E-state index in [-0.39, 0.29) is 18.1 Å². The minimum atomic E-state index is -4.77. The number of benzene rings is 1. The molecule has 0 radical (unpaired) electrons. The van der Waals surface area contributed by atoms with Gasteiger partial charge in [0.25, 0.3) is 0 Å². The summed E-state index contributed by atoms with van der Waals surface area (Å²) in [5, 5.41) is 0. The maximum Gasteiger partial charge on any atom is 0.416 e. The monoisotopic (exact) mass is 476 g/mol. The Kier molecular flexibility index (Phi) is 9.19. The average molecular weight is 477 g/mol. The van der Waals surface area contributed by atoms with E-state index in [2.05, 4.69) is 6.92 Å². The van der Waals surface area contributed by atoms with Crippen LogP contribution >= 0.6 is 0 Å². The molecule has 0 N–H and O–H groups in total. The second-order valence-electron chi connectivity index (χ2n) is 10.5. The van der Waals surface area contributed by atoms with Crippen molar-refractivity contribution in [2.45, 2.75) is 109 Å².